The Balaban J connectivity index is 1.58. The summed E-state index contributed by atoms with van der Waals surface area (Å²) in [5.41, 5.74) is 4.76. The Morgan fingerprint density at radius 1 is 1.05 bits per heavy atom. The zero-order chi connectivity index (χ0) is 14.2. The molecule has 0 saturated carbocycles. The zero-order valence-electron chi connectivity index (χ0n) is 11.9. The number of fused-ring (bicyclic) bond motifs is 2. The zero-order valence-corrected chi connectivity index (χ0v) is 11.9. The maximum Gasteiger partial charge on any atom is 0.254 e. The van der Waals surface area contributed by atoms with Crippen molar-refractivity contribution in [3.63, 3.8) is 0 Å². The molecule has 2 aliphatic heterocycles. The minimum atomic E-state index is 0.162. The van der Waals surface area contributed by atoms with Crippen molar-refractivity contribution in [2.24, 2.45) is 0 Å². The highest BCUT2D eigenvalue weighted by atomic mass is 16.2. The molecular formula is C18H18N2O. The van der Waals surface area contributed by atoms with Crippen LogP contribution in [-0.4, -0.2) is 23.9 Å². The van der Waals surface area contributed by atoms with Crippen LogP contribution in [0.3, 0.4) is 0 Å². The molecule has 0 radical (unpaired) electrons. The summed E-state index contributed by atoms with van der Waals surface area (Å²) in [7, 11) is 0. The van der Waals surface area contributed by atoms with Gasteiger partial charge in [-0.25, -0.2) is 0 Å². The van der Waals surface area contributed by atoms with Gasteiger partial charge in [0.1, 0.15) is 0 Å². The van der Waals surface area contributed by atoms with Crippen molar-refractivity contribution in [2.45, 2.75) is 19.0 Å². The fraction of sp³-hybridized carbons (Fsp3) is 0.278. The van der Waals surface area contributed by atoms with Gasteiger partial charge in [0.25, 0.3) is 5.91 Å². The van der Waals surface area contributed by atoms with E-state index in [1.165, 1.54) is 11.1 Å². The molecular weight excluding hydrogens is 260 g/mol. The largest absolute Gasteiger partial charge is 0.332 e. The van der Waals surface area contributed by atoms with Crippen molar-refractivity contribution < 1.29 is 4.79 Å². The van der Waals surface area contributed by atoms with Crippen LogP contribution in [0.15, 0.2) is 48.5 Å². The van der Waals surface area contributed by atoms with Crippen LogP contribution in [0.5, 0.6) is 0 Å². The maximum atomic E-state index is 12.5. The summed E-state index contributed by atoms with van der Waals surface area (Å²) in [5, 5.41) is 3.56. The minimum absolute atomic E-state index is 0.162. The molecule has 3 nitrogen and oxygen atoms in total. The SMILES string of the molecule is O=C1c2ccccc2CN1CC1NCCc2ccccc21. The lowest BCUT2D eigenvalue weighted by atomic mass is 9.94. The van der Waals surface area contributed by atoms with Crippen LogP contribution >= 0.6 is 0 Å². The van der Waals surface area contributed by atoms with Crippen molar-refractivity contribution in [1.82, 2.24) is 10.2 Å². The first kappa shape index (κ1) is 12.6. The molecule has 0 saturated heterocycles. The van der Waals surface area contributed by atoms with Gasteiger partial charge in [0.15, 0.2) is 0 Å². The lowest BCUT2D eigenvalue weighted by molar-refractivity contribution is 0.0760. The summed E-state index contributed by atoms with van der Waals surface area (Å²) in [5.74, 6) is 0.162. The number of carbonyl (C=O) groups excluding carboxylic acids is 1. The Morgan fingerprint density at radius 3 is 2.67 bits per heavy atom. The summed E-state index contributed by atoms with van der Waals surface area (Å²) in [6.45, 7) is 2.45. The molecule has 106 valence electrons. The molecule has 2 heterocycles. The van der Waals surface area contributed by atoms with E-state index in [9.17, 15) is 4.79 Å². The van der Waals surface area contributed by atoms with E-state index < -0.39 is 0 Å². The van der Waals surface area contributed by atoms with E-state index in [1.807, 2.05) is 23.1 Å². The molecule has 1 amide bonds. The van der Waals surface area contributed by atoms with Crippen molar-refractivity contribution in [1.29, 1.82) is 0 Å². The number of nitrogens with zero attached hydrogens (tertiary/aromatic N) is 1. The number of rotatable bonds is 2. The van der Waals surface area contributed by atoms with Gasteiger partial charge < -0.3 is 10.2 Å². The number of hydrogen-bond donors (Lipinski definition) is 1. The maximum absolute atomic E-state index is 12.5. The van der Waals surface area contributed by atoms with Crippen molar-refractivity contribution in [2.75, 3.05) is 13.1 Å². The van der Waals surface area contributed by atoms with Crippen LogP contribution in [0, 0.1) is 0 Å². The lowest BCUT2D eigenvalue weighted by Crippen LogP contribution is -2.39. The summed E-state index contributed by atoms with van der Waals surface area (Å²) >= 11 is 0. The molecule has 0 fully saturated rings. The van der Waals surface area contributed by atoms with Crippen LogP contribution in [-0.2, 0) is 13.0 Å². The molecule has 0 spiro atoms. The minimum Gasteiger partial charge on any atom is -0.332 e. The summed E-state index contributed by atoms with van der Waals surface area (Å²) in [6.07, 6.45) is 1.07. The average Bonchev–Trinajstić information content (AvgIpc) is 2.85. The van der Waals surface area contributed by atoms with Crippen LogP contribution in [0.25, 0.3) is 0 Å². The Morgan fingerprint density at radius 2 is 1.81 bits per heavy atom. The predicted molar refractivity (Wildman–Crippen MR) is 82.1 cm³/mol. The normalized spacial score (nSPS) is 20.3. The van der Waals surface area contributed by atoms with Crippen LogP contribution in [0.4, 0.5) is 0 Å². The number of hydrogen-bond acceptors (Lipinski definition) is 2. The van der Waals surface area contributed by atoms with Crippen LogP contribution in [0.1, 0.15) is 33.1 Å². The topological polar surface area (TPSA) is 32.3 Å². The molecule has 0 aromatic heterocycles. The molecule has 1 unspecified atom stereocenters. The summed E-state index contributed by atoms with van der Waals surface area (Å²) < 4.78 is 0. The lowest BCUT2D eigenvalue weighted by Gasteiger charge is -2.30. The number of carbonyl (C=O) groups is 1. The Hall–Kier alpha value is -2.13. The Bertz CT molecular complexity index is 695. The third kappa shape index (κ3) is 2.14. The van der Waals surface area contributed by atoms with Crippen LogP contribution < -0.4 is 5.32 Å². The second-order valence-corrected chi connectivity index (χ2v) is 5.80. The number of nitrogens with one attached hydrogen (secondary N) is 1. The van der Waals surface area contributed by atoms with E-state index >= 15 is 0 Å². The van der Waals surface area contributed by atoms with Gasteiger partial charge in [-0.15, -0.1) is 0 Å². The molecule has 2 aliphatic rings. The number of benzene rings is 2. The molecule has 1 atom stereocenters. The molecule has 2 aromatic rings. The molecule has 1 N–H and O–H groups in total. The van der Waals surface area contributed by atoms with E-state index in [2.05, 4.69) is 35.6 Å². The smallest absolute Gasteiger partial charge is 0.254 e. The first-order valence-electron chi connectivity index (χ1n) is 7.51. The quantitative estimate of drug-likeness (QED) is 0.915. The Kier molecular flexibility index (Phi) is 3.00. The van der Waals surface area contributed by atoms with Gasteiger partial charge in [-0.1, -0.05) is 42.5 Å². The second kappa shape index (κ2) is 5.01. The molecule has 4 rings (SSSR count). The third-order valence-electron chi connectivity index (χ3n) is 4.51. The highest BCUT2D eigenvalue weighted by molar-refractivity contribution is 5.98. The standard InChI is InChI=1S/C18H18N2O/c21-18-16-8-4-2-6-14(16)11-20(18)12-17-15-7-3-1-5-13(15)9-10-19-17/h1-8,17,19H,9-12H2. The predicted octanol–water partition coefficient (Wildman–Crippen LogP) is 2.53. The highest BCUT2D eigenvalue weighted by Crippen LogP contribution is 2.28. The van der Waals surface area contributed by atoms with E-state index in [-0.39, 0.29) is 11.9 Å². The van der Waals surface area contributed by atoms with E-state index in [0.29, 0.717) is 0 Å². The second-order valence-electron chi connectivity index (χ2n) is 5.80. The van der Waals surface area contributed by atoms with Crippen molar-refractivity contribution >= 4 is 5.91 Å². The van der Waals surface area contributed by atoms with Gasteiger partial charge in [0.05, 0.1) is 6.04 Å². The van der Waals surface area contributed by atoms with Gasteiger partial charge in [0, 0.05) is 18.7 Å². The molecule has 0 aliphatic carbocycles. The van der Waals surface area contributed by atoms with Gasteiger partial charge in [0.2, 0.25) is 0 Å². The van der Waals surface area contributed by atoms with E-state index in [4.69, 9.17) is 0 Å². The monoisotopic (exact) mass is 278 g/mol. The third-order valence-corrected chi connectivity index (χ3v) is 4.51. The van der Waals surface area contributed by atoms with Gasteiger partial charge >= 0.3 is 0 Å². The van der Waals surface area contributed by atoms with Gasteiger partial charge in [-0.3, -0.25) is 4.79 Å². The molecule has 2 aromatic carbocycles. The highest BCUT2D eigenvalue weighted by Gasteiger charge is 2.30. The van der Waals surface area contributed by atoms with E-state index in [1.54, 1.807) is 0 Å². The van der Waals surface area contributed by atoms with Crippen LogP contribution in [0.2, 0.25) is 0 Å². The molecule has 21 heavy (non-hydrogen) atoms. The average molecular weight is 278 g/mol. The number of amides is 1. The van der Waals surface area contributed by atoms with Crippen molar-refractivity contribution in [3.05, 3.63) is 70.8 Å². The summed E-state index contributed by atoms with van der Waals surface area (Å²) in [4.78, 5) is 14.4. The van der Waals surface area contributed by atoms with Gasteiger partial charge in [-0.05, 0) is 35.7 Å². The molecule has 0 bridgehead atoms. The van der Waals surface area contributed by atoms with Crippen molar-refractivity contribution in [3.8, 4) is 0 Å². The molecule has 3 heteroatoms. The van der Waals surface area contributed by atoms with E-state index in [0.717, 1.165) is 37.2 Å². The Labute approximate surface area is 124 Å². The first-order valence-corrected chi connectivity index (χ1v) is 7.51. The van der Waals surface area contributed by atoms with Gasteiger partial charge in [-0.2, -0.15) is 0 Å². The fourth-order valence-electron chi connectivity index (χ4n) is 3.44. The first-order chi connectivity index (χ1) is 10.3. The summed E-state index contributed by atoms with van der Waals surface area (Å²) in [6, 6.07) is 16.7. The fourth-order valence-corrected chi connectivity index (χ4v) is 3.44.